The molecule has 2 heterocycles. The molecule has 1 aromatic heterocycles. The zero-order valence-corrected chi connectivity index (χ0v) is 17.8. The van der Waals surface area contributed by atoms with Gasteiger partial charge in [0.2, 0.25) is 0 Å². The summed E-state index contributed by atoms with van der Waals surface area (Å²) < 4.78 is 5.30. The number of H-pyrrole nitrogens is 1. The van der Waals surface area contributed by atoms with E-state index in [0.717, 1.165) is 19.6 Å². The van der Waals surface area contributed by atoms with E-state index in [1.54, 1.807) is 13.8 Å². The quantitative estimate of drug-likeness (QED) is 0.746. The van der Waals surface area contributed by atoms with Gasteiger partial charge >= 0.3 is 5.97 Å². The maximum atomic E-state index is 12.7. The summed E-state index contributed by atoms with van der Waals surface area (Å²) in [4.78, 5) is 30.5. The number of hydrogen-bond donors (Lipinski definition) is 2. The van der Waals surface area contributed by atoms with Gasteiger partial charge in [0.05, 0.1) is 11.7 Å². The molecular weight excluding hydrogens is 342 g/mol. The van der Waals surface area contributed by atoms with Crippen LogP contribution < -0.4 is 5.32 Å². The minimum Gasteiger partial charge on any atom is -0.459 e. The van der Waals surface area contributed by atoms with Gasteiger partial charge in [-0.15, -0.1) is 0 Å². The van der Waals surface area contributed by atoms with Crippen LogP contribution in [0.1, 0.15) is 73.1 Å². The number of aromatic nitrogens is 1. The molecule has 3 unspecified atom stereocenters. The van der Waals surface area contributed by atoms with Crippen LogP contribution in [-0.4, -0.2) is 53.5 Å². The van der Waals surface area contributed by atoms with Crippen LogP contribution in [0, 0.1) is 25.7 Å². The zero-order valence-electron chi connectivity index (χ0n) is 17.8. The highest BCUT2D eigenvalue weighted by Crippen LogP contribution is 2.22. The standard InChI is InChI=1S/C21H35N3O3/c1-12(2)27-21(26)18-16(6)19(23-17(18)7)20(25)22-15(5)11-24-9-13(3)8-14(4)10-24/h12-15,23H,8-11H2,1-7H3,(H,22,25). The van der Waals surface area contributed by atoms with E-state index in [-0.39, 0.29) is 24.0 Å². The van der Waals surface area contributed by atoms with E-state index >= 15 is 0 Å². The number of carbonyl (C=O) groups excluding carboxylic acids is 2. The first-order chi connectivity index (χ1) is 12.6. The maximum Gasteiger partial charge on any atom is 0.340 e. The number of esters is 1. The number of hydrogen-bond acceptors (Lipinski definition) is 4. The Labute approximate surface area is 163 Å². The van der Waals surface area contributed by atoms with E-state index < -0.39 is 0 Å². The fourth-order valence-electron chi connectivity index (χ4n) is 4.23. The lowest BCUT2D eigenvalue weighted by Crippen LogP contribution is -2.47. The number of aryl methyl sites for hydroxylation is 1. The van der Waals surface area contributed by atoms with Gasteiger partial charge in [0.25, 0.3) is 5.91 Å². The molecule has 152 valence electrons. The van der Waals surface area contributed by atoms with Gasteiger partial charge in [-0.2, -0.15) is 0 Å². The molecule has 1 aliphatic rings. The normalized spacial score (nSPS) is 21.9. The second kappa shape index (κ2) is 8.91. The van der Waals surface area contributed by atoms with E-state index in [2.05, 4.69) is 29.0 Å². The van der Waals surface area contributed by atoms with E-state index in [0.29, 0.717) is 34.4 Å². The van der Waals surface area contributed by atoms with Crippen molar-refractivity contribution in [1.82, 2.24) is 15.2 Å². The zero-order chi connectivity index (χ0) is 20.3. The Hall–Kier alpha value is -1.82. The average Bonchev–Trinajstić information content (AvgIpc) is 2.80. The molecular formula is C21H35N3O3. The molecule has 0 radical (unpaired) electrons. The van der Waals surface area contributed by atoms with Crippen molar-refractivity contribution < 1.29 is 14.3 Å². The van der Waals surface area contributed by atoms with Crippen LogP contribution in [0.15, 0.2) is 0 Å². The molecule has 0 aromatic carbocycles. The molecule has 1 aromatic rings. The van der Waals surface area contributed by atoms with Crippen LogP contribution in [0.2, 0.25) is 0 Å². The lowest BCUT2D eigenvalue weighted by molar-refractivity contribution is 0.0376. The summed E-state index contributed by atoms with van der Waals surface area (Å²) in [5.74, 6) is 0.823. The Morgan fingerprint density at radius 1 is 1.19 bits per heavy atom. The van der Waals surface area contributed by atoms with Crippen molar-refractivity contribution in [3.05, 3.63) is 22.5 Å². The largest absolute Gasteiger partial charge is 0.459 e. The molecule has 1 aliphatic heterocycles. The summed E-state index contributed by atoms with van der Waals surface area (Å²) in [6.45, 7) is 16.8. The number of amides is 1. The second-order valence-electron chi connectivity index (χ2n) is 8.62. The number of likely N-dealkylation sites (tertiary alicyclic amines) is 1. The predicted octanol–water partition coefficient (Wildman–Crippen LogP) is 3.29. The first kappa shape index (κ1) is 21.5. The van der Waals surface area contributed by atoms with Crippen LogP contribution in [0.4, 0.5) is 0 Å². The number of piperidine rings is 1. The number of ether oxygens (including phenoxy) is 1. The Balaban J connectivity index is 2.02. The third-order valence-electron chi connectivity index (χ3n) is 5.07. The molecule has 0 aliphatic carbocycles. The minimum absolute atomic E-state index is 0.0315. The highest BCUT2D eigenvalue weighted by atomic mass is 16.5. The lowest BCUT2D eigenvalue weighted by atomic mass is 9.92. The molecule has 3 atom stereocenters. The van der Waals surface area contributed by atoms with Crippen molar-refractivity contribution in [3.63, 3.8) is 0 Å². The fraction of sp³-hybridized carbons (Fsp3) is 0.714. The monoisotopic (exact) mass is 377 g/mol. The van der Waals surface area contributed by atoms with Crippen molar-refractivity contribution >= 4 is 11.9 Å². The van der Waals surface area contributed by atoms with Crippen LogP contribution in [0.5, 0.6) is 0 Å². The van der Waals surface area contributed by atoms with Crippen LogP contribution in [-0.2, 0) is 4.74 Å². The van der Waals surface area contributed by atoms with E-state index in [9.17, 15) is 9.59 Å². The SMILES string of the molecule is Cc1[nH]c(C(=O)NC(C)CN2CC(C)CC(C)C2)c(C)c1C(=O)OC(C)C. The highest BCUT2D eigenvalue weighted by molar-refractivity contribution is 6.00. The van der Waals surface area contributed by atoms with Crippen LogP contribution >= 0.6 is 0 Å². The minimum atomic E-state index is -0.389. The second-order valence-corrected chi connectivity index (χ2v) is 8.62. The van der Waals surface area contributed by atoms with E-state index in [4.69, 9.17) is 4.74 Å². The summed E-state index contributed by atoms with van der Waals surface area (Å²) in [5.41, 5.74) is 2.20. The molecule has 1 fully saturated rings. The van der Waals surface area contributed by atoms with Gasteiger partial charge in [0.15, 0.2) is 0 Å². The van der Waals surface area contributed by atoms with Crippen molar-refractivity contribution in [2.45, 2.75) is 67.0 Å². The van der Waals surface area contributed by atoms with Crippen molar-refractivity contribution in [2.75, 3.05) is 19.6 Å². The van der Waals surface area contributed by atoms with Crippen LogP contribution in [0.25, 0.3) is 0 Å². The van der Waals surface area contributed by atoms with Gasteiger partial charge in [-0.25, -0.2) is 4.79 Å². The summed E-state index contributed by atoms with van der Waals surface area (Å²) in [6, 6.07) is 0.0315. The molecule has 0 spiro atoms. The van der Waals surface area contributed by atoms with E-state index in [1.165, 1.54) is 6.42 Å². The first-order valence-electron chi connectivity index (χ1n) is 10.0. The number of carbonyl (C=O) groups is 2. The number of rotatable bonds is 6. The fourth-order valence-corrected chi connectivity index (χ4v) is 4.23. The molecule has 27 heavy (non-hydrogen) atoms. The Kier molecular flexibility index (Phi) is 7.09. The highest BCUT2D eigenvalue weighted by Gasteiger charge is 2.26. The maximum absolute atomic E-state index is 12.7. The van der Waals surface area contributed by atoms with Gasteiger partial charge in [0.1, 0.15) is 5.69 Å². The molecule has 2 N–H and O–H groups in total. The Bertz CT molecular complexity index is 670. The molecule has 6 nitrogen and oxygen atoms in total. The summed E-state index contributed by atoms with van der Waals surface area (Å²) in [7, 11) is 0. The van der Waals surface area contributed by atoms with Crippen LogP contribution in [0.3, 0.4) is 0 Å². The first-order valence-corrected chi connectivity index (χ1v) is 10.0. The third kappa shape index (κ3) is 5.58. The average molecular weight is 378 g/mol. The number of nitrogens with zero attached hydrogens (tertiary/aromatic N) is 1. The summed E-state index contributed by atoms with van der Waals surface area (Å²) in [6.07, 6.45) is 1.07. The number of nitrogens with one attached hydrogen (secondary N) is 2. The summed E-state index contributed by atoms with van der Waals surface area (Å²) >= 11 is 0. The molecule has 0 saturated carbocycles. The van der Waals surface area contributed by atoms with Crippen molar-refractivity contribution in [3.8, 4) is 0 Å². The van der Waals surface area contributed by atoms with Crippen molar-refractivity contribution in [1.29, 1.82) is 0 Å². The van der Waals surface area contributed by atoms with Gasteiger partial charge < -0.3 is 19.9 Å². The molecule has 0 bridgehead atoms. The summed E-state index contributed by atoms with van der Waals surface area (Å²) in [5, 5.41) is 3.07. The van der Waals surface area contributed by atoms with Gasteiger partial charge in [0, 0.05) is 31.4 Å². The predicted molar refractivity (Wildman–Crippen MR) is 107 cm³/mol. The Morgan fingerprint density at radius 3 is 2.33 bits per heavy atom. The third-order valence-corrected chi connectivity index (χ3v) is 5.07. The van der Waals surface area contributed by atoms with Gasteiger partial charge in [-0.3, -0.25) is 4.79 Å². The molecule has 2 rings (SSSR count). The molecule has 1 amide bonds. The smallest absolute Gasteiger partial charge is 0.340 e. The van der Waals surface area contributed by atoms with E-state index in [1.807, 2.05) is 20.8 Å². The molecule has 1 saturated heterocycles. The molecule has 6 heteroatoms. The van der Waals surface area contributed by atoms with Gasteiger partial charge in [-0.1, -0.05) is 13.8 Å². The van der Waals surface area contributed by atoms with Crippen molar-refractivity contribution in [2.24, 2.45) is 11.8 Å². The van der Waals surface area contributed by atoms with Gasteiger partial charge in [-0.05, 0) is 58.4 Å². The Morgan fingerprint density at radius 2 is 1.78 bits per heavy atom. The number of aromatic amines is 1. The lowest BCUT2D eigenvalue weighted by Gasteiger charge is -2.36. The topological polar surface area (TPSA) is 74.4 Å².